The van der Waals surface area contributed by atoms with Crippen LogP contribution in [0.4, 0.5) is 5.69 Å². The second-order valence-corrected chi connectivity index (χ2v) is 6.17. The molecule has 2 aromatic heterocycles. The van der Waals surface area contributed by atoms with Crippen LogP contribution in [0.15, 0.2) is 48.7 Å². The van der Waals surface area contributed by atoms with Crippen molar-refractivity contribution in [2.75, 3.05) is 31.2 Å². The van der Waals surface area contributed by atoms with Gasteiger partial charge in [-0.05, 0) is 17.7 Å². The van der Waals surface area contributed by atoms with Gasteiger partial charge in [-0.25, -0.2) is 0 Å². The normalized spacial score (nSPS) is 15.5. The van der Waals surface area contributed by atoms with E-state index in [1.54, 1.807) is 0 Å². The Hall–Kier alpha value is -1.91. The second kappa shape index (κ2) is 5.47. The molecule has 4 heteroatoms. The van der Waals surface area contributed by atoms with Crippen molar-refractivity contribution in [2.24, 2.45) is 0 Å². The highest BCUT2D eigenvalue weighted by Crippen LogP contribution is 2.37. The molecule has 0 bridgehead atoms. The molecule has 1 fully saturated rings. The molecular weight excluding hydrogens is 280 g/mol. The monoisotopic (exact) mass is 296 g/mol. The van der Waals surface area contributed by atoms with Crippen LogP contribution in [0.3, 0.4) is 0 Å². The number of benzene rings is 1. The van der Waals surface area contributed by atoms with Gasteiger partial charge < -0.3 is 9.64 Å². The van der Waals surface area contributed by atoms with E-state index in [-0.39, 0.29) is 0 Å². The molecule has 0 aliphatic carbocycles. The van der Waals surface area contributed by atoms with Gasteiger partial charge in [0.05, 0.1) is 29.1 Å². The molecule has 1 saturated heterocycles. The molecule has 0 N–H and O–H groups in total. The van der Waals surface area contributed by atoms with Crippen LogP contribution in [0, 0.1) is 0 Å². The van der Waals surface area contributed by atoms with Gasteiger partial charge in [-0.3, -0.25) is 4.98 Å². The second-order valence-electron chi connectivity index (χ2n) is 5.12. The van der Waals surface area contributed by atoms with Crippen molar-refractivity contribution in [3.8, 4) is 10.4 Å². The van der Waals surface area contributed by atoms with Crippen molar-refractivity contribution in [2.45, 2.75) is 0 Å². The molecule has 1 aliphatic rings. The molecule has 0 amide bonds. The summed E-state index contributed by atoms with van der Waals surface area (Å²) in [6.07, 6.45) is 1.91. The number of morpholine rings is 1. The first-order valence-corrected chi connectivity index (χ1v) is 8.00. The fourth-order valence-electron chi connectivity index (χ4n) is 2.72. The summed E-state index contributed by atoms with van der Waals surface area (Å²) in [7, 11) is 0. The quantitative estimate of drug-likeness (QED) is 0.719. The van der Waals surface area contributed by atoms with Crippen LogP contribution in [0.2, 0.25) is 0 Å². The highest BCUT2D eigenvalue weighted by atomic mass is 32.1. The van der Waals surface area contributed by atoms with Gasteiger partial charge >= 0.3 is 0 Å². The van der Waals surface area contributed by atoms with E-state index in [0.29, 0.717) is 0 Å². The third-order valence-electron chi connectivity index (χ3n) is 3.80. The predicted octanol–water partition coefficient (Wildman–Crippen LogP) is 3.80. The van der Waals surface area contributed by atoms with Crippen LogP contribution in [0.25, 0.3) is 20.7 Å². The van der Waals surface area contributed by atoms with Gasteiger partial charge in [0.1, 0.15) is 0 Å². The van der Waals surface area contributed by atoms with Gasteiger partial charge in [0.2, 0.25) is 0 Å². The lowest BCUT2D eigenvalue weighted by Crippen LogP contribution is -2.36. The summed E-state index contributed by atoms with van der Waals surface area (Å²) in [5, 5.41) is 0. The maximum Gasteiger partial charge on any atom is 0.0837 e. The van der Waals surface area contributed by atoms with E-state index in [1.807, 2.05) is 23.6 Å². The number of ether oxygens (including phenoxy) is 1. The standard InChI is InChI=1S/C17H16N2OS/c1-2-4-13(5-3-1)16-12-14-17(21-16)15(6-7-18-14)19-8-10-20-11-9-19/h1-7,12H,8-11H2. The SMILES string of the molecule is c1ccc(-c2cc3nccc(N4CCOCC4)c3s2)cc1. The Morgan fingerprint density at radius 3 is 2.67 bits per heavy atom. The third kappa shape index (κ3) is 2.41. The maximum atomic E-state index is 5.45. The van der Waals surface area contributed by atoms with Crippen LogP contribution in [0.5, 0.6) is 0 Å². The van der Waals surface area contributed by atoms with Crippen molar-refractivity contribution >= 4 is 27.2 Å². The van der Waals surface area contributed by atoms with E-state index in [0.717, 1.165) is 31.8 Å². The highest BCUT2D eigenvalue weighted by Gasteiger charge is 2.16. The number of rotatable bonds is 2. The number of nitrogens with zero attached hydrogens (tertiary/aromatic N) is 2. The van der Waals surface area contributed by atoms with E-state index in [2.05, 4.69) is 46.3 Å². The van der Waals surface area contributed by atoms with Crippen LogP contribution in [-0.4, -0.2) is 31.3 Å². The molecule has 3 aromatic rings. The molecule has 1 aliphatic heterocycles. The fraction of sp³-hybridized carbons (Fsp3) is 0.235. The van der Waals surface area contributed by atoms with Crippen molar-refractivity contribution in [3.05, 3.63) is 48.7 Å². The van der Waals surface area contributed by atoms with Gasteiger partial charge in [-0.1, -0.05) is 30.3 Å². The van der Waals surface area contributed by atoms with Crippen molar-refractivity contribution in [1.82, 2.24) is 4.98 Å². The molecule has 4 rings (SSSR count). The number of fused-ring (bicyclic) bond motifs is 1. The first-order chi connectivity index (χ1) is 10.4. The fourth-order valence-corrected chi connectivity index (χ4v) is 3.88. The zero-order chi connectivity index (χ0) is 14.1. The van der Waals surface area contributed by atoms with Gasteiger partial charge in [-0.15, -0.1) is 11.3 Å². The Morgan fingerprint density at radius 2 is 1.86 bits per heavy atom. The Bertz CT molecular complexity index is 748. The van der Waals surface area contributed by atoms with Gasteiger partial charge in [0, 0.05) is 24.2 Å². The highest BCUT2D eigenvalue weighted by molar-refractivity contribution is 7.22. The van der Waals surface area contributed by atoms with Crippen molar-refractivity contribution < 1.29 is 4.74 Å². The van der Waals surface area contributed by atoms with E-state index in [4.69, 9.17) is 4.74 Å². The summed E-state index contributed by atoms with van der Waals surface area (Å²) >= 11 is 1.83. The largest absolute Gasteiger partial charge is 0.378 e. The Labute approximate surface area is 127 Å². The first kappa shape index (κ1) is 12.8. The van der Waals surface area contributed by atoms with E-state index < -0.39 is 0 Å². The van der Waals surface area contributed by atoms with Gasteiger partial charge in [-0.2, -0.15) is 0 Å². The van der Waals surface area contributed by atoms with E-state index in [9.17, 15) is 0 Å². The number of hydrogen-bond donors (Lipinski definition) is 0. The van der Waals surface area contributed by atoms with Crippen LogP contribution < -0.4 is 4.90 Å². The molecule has 3 nitrogen and oxygen atoms in total. The predicted molar refractivity (Wildman–Crippen MR) is 88.1 cm³/mol. The summed E-state index contributed by atoms with van der Waals surface area (Å²) < 4.78 is 6.73. The smallest absolute Gasteiger partial charge is 0.0837 e. The average Bonchev–Trinajstić information content (AvgIpc) is 3.00. The van der Waals surface area contributed by atoms with Gasteiger partial charge in [0.25, 0.3) is 0 Å². The van der Waals surface area contributed by atoms with Crippen LogP contribution in [0.1, 0.15) is 0 Å². The molecule has 0 radical (unpaired) electrons. The van der Waals surface area contributed by atoms with Crippen LogP contribution in [-0.2, 0) is 4.74 Å². The lowest BCUT2D eigenvalue weighted by Gasteiger charge is -2.29. The molecule has 0 unspecified atom stereocenters. The number of aromatic nitrogens is 1. The number of anilines is 1. The summed E-state index contributed by atoms with van der Waals surface area (Å²) in [6, 6.07) is 14.8. The molecule has 21 heavy (non-hydrogen) atoms. The summed E-state index contributed by atoms with van der Waals surface area (Å²) in [4.78, 5) is 8.21. The molecule has 0 spiro atoms. The molecule has 106 valence electrons. The molecule has 3 heterocycles. The zero-order valence-electron chi connectivity index (χ0n) is 11.7. The Balaban J connectivity index is 1.80. The lowest BCUT2D eigenvalue weighted by molar-refractivity contribution is 0.123. The van der Waals surface area contributed by atoms with Crippen molar-refractivity contribution in [1.29, 1.82) is 0 Å². The molecule has 0 atom stereocenters. The minimum absolute atomic E-state index is 0.806. The summed E-state index contributed by atoms with van der Waals surface area (Å²) in [5.74, 6) is 0. The molecule has 0 saturated carbocycles. The third-order valence-corrected chi connectivity index (χ3v) is 5.00. The van der Waals surface area contributed by atoms with Crippen molar-refractivity contribution in [3.63, 3.8) is 0 Å². The number of hydrogen-bond acceptors (Lipinski definition) is 4. The Morgan fingerprint density at radius 1 is 1.05 bits per heavy atom. The minimum atomic E-state index is 0.806. The summed E-state index contributed by atoms with van der Waals surface area (Å²) in [6.45, 7) is 3.52. The van der Waals surface area contributed by atoms with E-state index in [1.165, 1.54) is 20.8 Å². The number of pyridine rings is 1. The molecule has 1 aromatic carbocycles. The Kier molecular flexibility index (Phi) is 3.33. The molecular formula is C17H16N2OS. The van der Waals surface area contributed by atoms with E-state index >= 15 is 0 Å². The zero-order valence-corrected chi connectivity index (χ0v) is 12.5. The number of thiophene rings is 1. The van der Waals surface area contributed by atoms with Crippen LogP contribution >= 0.6 is 11.3 Å². The first-order valence-electron chi connectivity index (χ1n) is 7.18. The lowest BCUT2D eigenvalue weighted by atomic mass is 10.2. The minimum Gasteiger partial charge on any atom is -0.378 e. The van der Waals surface area contributed by atoms with Gasteiger partial charge in [0.15, 0.2) is 0 Å². The summed E-state index contributed by atoms with van der Waals surface area (Å²) in [5.41, 5.74) is 3.63. The maximum absolute atomic E-state index is 5.45. The topological polar surface area (TPSA) is 25.4 Å². The average molecular weight is 296 g/mol.